The van der Waals surface area contributed by atoms with Gasteiger partial charge in [0.25, 0.3) is 0 Å². The van der Waals surface area contributed by atoms with E-state index in [1.54, 1.807) is 18.2 Å². The van der Waals surface area contributed by atoms with E-state index in [4.69, 9.17) is 16.0 Å². The quantitative estimate of drug-likeness (QED) is 0.663. The first kappa shape index (κ1) is 17.2. The highest BCUT2D eigenvalue weighted by Crippen LogP contribution is 2.22. The molecule has 25 heavy (non-hydrogen) atoms. The second kappa shape index (κ2) is 7.53. The van der Waals surface area contributed by atoms with Gasteiger partial charge in [-0.25, -0.2) is 4.98 Å². The van der Waals surface area contributed by atoms with Crippen molar-refractivity contribution in [2.24, 2.45) is 0 Å². The van der Waals surface area contributed by atoms with Gasteiger partial charge in [0, 0.05) is 17.6 Å². The molecule has 0 aliphatic heterocycles. The van der Waals surface area contributed by atoms with Crippen LogP contribution in [-0.2, 0) is 11.2 Å². The van der Waals surface area contributed by atoms with Crippen molar-refractivity contribution < 1.29 is 9.21 Å². The maximum absolute atomic E-state index is 12.6. The van der Waals surface area contributed by atoms with Gasteiger partial charge >= 0.3 is 0 Å². The van der Waals surface area contributed by atoms with E-state index in [9.17, 15) is 4.79 Å². The number of aromatic nitrogens is 1. The number of nitrogens with zero attached hydrogens (tertiary/aromatic N) is 2. The Kier molecular flexibility index (Phi) is 5.19. The van der Waals surface area contributed by atoms with Crippen LogP contribution in [0.1, 0.15) is 24.2 Å². The Morgan fingerprint density at radius 2 is 1.84 bits per heavy atom. The van der Waals surface area contributed by atoms with Crippen molar-refractivity contribution in [2.75, 3.05) is 7.05 Å². The van der Waals surface area contributed by atoms with Crippen LogP contribution in [0.5, 0.6) is 0 Å². The van der Waals surface area contributed by atoms with Gasteiger partial charge in [-0.15, -0.1) is 0 Å². The number of carbonyl (C=O) groups is 1. The lowest BCUT2D eigenvalue weighted by Crippen LogP contribution is -2.31. The van der Waals surface area contributed by atoms with Gasteiger partial charge in [-0.1, -0.05) is 41.9 Å². The van der Waals surface area contributed by atoms with Crippen molar-refractivity contribution in [3.63, 3.8) is 0 Å². The number of halogens is 1. The molecule has 1 aromatic heterocycles. The monoisotopic (exact) mass is 354 g/mol. The molecule has 0 bridgehead atoms. The zero-order valence-electron chi connectivity index (χ0n) is 14.1. The molecule has 0 saturated carbocycles. The van der Waals surface area contributed by atoms with Crippen LogP contribution in [0.4, 0.5) is 0 Å². The molecule has 0 saturated heterocycles. The first-order valence-corrected chi connectivity index (χ1v) is 8.43. The zero-order valence-corrected chi connectivity index (χ0v) is 14.9. The van der Waals surface area contributed by atoms with Crippen LogP contribution < -0.4 is 0 Å². The highest BCUT2D eigenvalue weighted by atomic mass is 35.5. The minimum atomic E-state index is -0.0507. The second-order valence-electron chi connectivity index (χ2n) is 5.92. The maximum atomic E-state index is 12.6. The molecule has 1 amide bonds. The van der Waals surface area contributed by atoms with E-state index < -0.39 is 0 Å². The number of oxazole rings is 1. The smallest absolute Gasteiger partial charge is 0.228 e. The molecule has 128 valence electrons. The van der Waals surface area contributed by atoms with Crippen molar-refractivity contribution in [2.45, 2.75) is 19.4 Å². The molecule has 3 aromatic rings. The van der Waals surface area contributed by atoms with Gasteiger partial charge in [0.15, 0.2) is 0 Å². The highest BCUT2D eigenvalue weighted by molar-refractivity contribution is 6.30. The van der Waals surface area contributed by atoms with Gasteiger partial charge in [0.1, 0.15) is 6.26 Å². The molecule has 0 radical (unpaired) electrons. The normalized spacial score (nSPS) is 12.0. The fourth-order valence-corrected chi connectivity index (χ4v) is 2.69. The van der Waals surface area contributed by atoms with E-state index in [0.717, 1.165) is 11.1 Å². The van der Waals surface area contributed by atoms with Crippen molar-refractivity contribution in [1.82, 2.24) is 9.88 Å². The predicted octanol–water partition coefficient (Wildman–Crippen LogP) is 4.76. The topological polar surface area (TPSA) is 46.3 Å². The first-order chi connectivity index (χ1) is 12.0. The minimum Gasteiger partial charge on any atom is -0.444 e. The first-order valence-electron chi connectivity index (χ1n) is 8.05. The van der Waals surface area contributed by atoms with E-state index in [1.165, 1.54) is 0 Å². The van der Waals surface area contributed by atoms with Crippen molar-refractivity contribution in [3.8, 4) is 11.5 Å². The molecule has 0 fully saturated rings. The number of benzene rings is 2. The van der Waals surface area contributed by atoms with Crippen LogP contribution in [0.15, 0.2) is 65.3 Å². The summed E-state index contributed by atoms with van der Waals surface area (Å²) in [5.74, 6) is 0.507. The van der Waals surface area contributed by atoms with Crippen LogP contribution in [0, 0.1) is 0 Å². The molecule has 0 N–H and O–H groups in total. The summed E-state index contributed by atoms with van der Waals surface area (Å²) in [6.45, 7) is 1.99. The average molecular weight is 355 g/mol. The molecule has 1 heterocycles. The Morgan fingerprint density at radius 3 is 2.52 bits per heavy atom. The van der Waals surface area contributed by atoms with Crippen LogP contribution >= 0.6 is 11.6 Å². The van der Waals surface area contributed by atoms with Gasteiger partial charge in [0.2, 0.25) is 11.8 Å². The second-order valence-corrected chi connectivity index (χ2v) is 6.36. The number of carbonyl (C=O) groups excluding carboxylic acids is 1. The van der Waals surface area contributed by atoms with Gasteiger partial charge in [-0.05, 0) is 36.8 Å². The van der Waals surface area contributed by atoms with Crippen LogP contribution in [0.25, 0.3) is 11.5 Å². The standard InChI is InChI=1S/C20H19ClN2O2/c1-14(15-8-10-17(21)11-9-15)23(2)19(24)12-18-13-25-20(22-18)16-6-4-3-5-7-16/h3-11,13-14H,12H2,1-2H3. The molecule has 5 heteroatoms. The van der Waals surface area contributed by atoms with Crippen LogP contribution in [0.2, 0.25) is 5.02 Å². The summed E-state index contributed by atoms with van der Waals surface area (Å²) in [6, 6.07) is 17.1. The van der Waals surface area contributed by atoms with Gasteiger partial charge < -0.3 is 9.32 Å². The molecular weight excluding hydrogens is 336 g/mol. The summed E-state index contributed by atoms with van der Waals surface area (Å²) in [6.07, 6.45) is 1.74. The van der Waals surface area contributed by atoms with E-state index in [0.29, 0.717) is 16.6 Å². The SMILES string of the molecule is CC(c1ccc(Cl)cc1)N(C)C(=O)Cc1coc(-c2ccccc2)n1. The van der Waals surface area contributed by atoms with Crippen molar-refractivity contribution in [1.29, 1.82) is 0 Å². The summed E-state index contributed by atoms with van der Waals surface area (Å²) in [5.41, 5.74) is 2.55. The number of hydrogen-bond donors (Lipinski definition) is 0. The summed E-state index contributed by atoms with van der Waals surface area (Å²) in [7, 11) is 1.79. The van der Waals surface area contributed by atoms with E-state index >= 15 is 0 Å². The molecule has 0 aliphatic carbocycles. The number of likely N-dealkylation sites (N-methyl/N-ethyl adjacent to an activating group) is 1. The largest absolute Gasteiger partial charge is 0.444 e. The average Bonchev–Trinajstić information content (AvgIpc) is 3.10. The molecule has 0 spiro atoms. The lowest BCUT2D eigenvalue weighted by molar-refractivity contribution is -0.131. The predicted molar refractivity (Wildman–Crippen MR) is 98.3 cm³/mol. The van der Waals surface area contributed by atoms with Crippen LogP contribution in [0.3, 0.4) is 0 Å². The third-order valence-corrected chi connectivity index (χ3v) is 4.48. The minimum absolute atomic E-state index is 0.0182. The van der Waals surface area contributed by atoms with Crippen molar-refractivity contribution >= 4 is 17.5 Å². The number of amides is 1. The van der Waals surface area contributed by atoms with Gasteiger partial charge in [-0.2, -0.15) is 0 Å². The van der Waals surface area contributed by atoms with E-state index in [2.05, 4.69) is 4.98 Å². The lowest BCUT2D eigenvalue weighted by Gasteiger charge is -2.25. The molecule has 1 atom stereocenters. The molecule has 1 unspecified atom stereocenters. The molecule has 2 aromatic carbocycles. The summed E-state index contributed by atoms with van der Waals surface area (Å²) >= 11 is 5.92. The Morgan fingerprint density at radius 1 is 1.16 bits per heavy atom. The van der Waals surface area contributed by atoms with Crippen LogP contribution in [-0.4, -0.2) is 22.8 Å². The number of rotatable bonds is 5. The van der Waals surface area contributed by atoms with Crippen molar-refractivity contribution in [3.05, 3.63) is 77.1 Å². The van der Waals surface area contributed by atoms with E-state index in [1.807, 2.05) is 61.5 Å². The molecule has 3 rings (SSSR count). The lowest BCUT2D eigenvalue weighted by atomic mass is 10.1. The molecule has 4 nitrogen and oxygen atoms in total. The van der Waals surface area contributed by atoms with Gasteiger partial charge in [0.05, 0.1) is 18.2 Å². The Balaban J connectivity index is 1.67. The fourth-order valence-electron chi connectivity index (χ4n) is 2.56. The highest BCUT2D eigenvalue weighted by Gasteiger charge is 2.19. The maximum Gasteiger partial charge on any atom is 0.228 e. The molecule has 0 aliphatic rings. The summed E-state index contributed by atoms with van der Waals surface area (Å²) < 4.78 is 5.49. The fraction of sp³-hybridized carbons (Fsp3) is 0.200. The summed E-state index contributed by atoms with van der Waals surface area (Å²) in [4.78, 5) is 18.7. The molecular formula is C20H19ClN2O2. The van der Waals surface area contributed by atoms with E-state index in [-0.39, 0.29) is 18.4 Å². The third kappa shape index (κ3) is 4.09. The Bertz CT molecular complexity index is 844. The summed E-state index contributed by atoms with van der Waals surface area (Å²) in [5, 5.41) is 0.681. The van der Waals surface area contributed by atoms with Gasteiger partial charge in [-0.3, -0.25) is 4.79 Å². The third-order valence-electron chi connectivity index (χ3n) is 4.23. The number of hydrogen-bond acceptors (Lipinski definition) is 3. The Hall–Kier alpha value is -2.59. The zero-order chi connectivity index (χ0) is 17.8. The Labute approximate surface area is 152 Å².